The van der Waals surface area contributed by atoms with Crippen LogP contribution in [0.25, 0.3) is 10.8 Å². The monoisotopic (exact) mass is 805 g/mol. The van der Waals surface area contributed by atoms with Crippen molar-refractivity contribution in [2.45, 2.75) is 115 Å². The van der Waals surface area contributed by atoms with E-state index in [2.05, 4.69) is 9.71 Å². The molecule has 0 bridgehead atoms. The number of pyridine rings is 1. The van der Waals surface area contributed by atoms with Crippen LogP contribution in [-0.2, 0) is 33.9 Å². The Morgan fingerprint density at radius 2 is 1.75 bits per heavy atom. The second kappa shape index (κ2) is 15.6. The Kier molecular flexibility index (Phi) is 11.6. The number of hydrogen-bond donors (Lipinski definition) is 1. The highest BCUT2D eigenvalue weighted by Gasteiger charge is 2.62. The molecule has 3 fully saturated rings. The predicted molar refractivity (Wildman–Crippen MR) is 199 cm³/mol. The maximum Gasteiger partial charge on any atom is 0.427 e. The Morgan fingerprint density at radius 1 is 1.05 bits per heavy atom. The van der Waals surface area contributed by atoms with Gasteiger partial charge in [0.15, 0.2) is 5.78 Å². The van der Waals surface area contributed by atoms with E-state index in [0.29, 0.717) is 48.6 Å². The lowest BCUT2D eigenvalue weighted by Crippen LogP contribution is -2.48. The van der Waals surface area contributed by atoms with Crippen LogP contribution < -0.4 is 14.2 Å². The molecule has 2 amide bonds. The van der Waals surface area contributed by atoms with Gasteiger partial charge in [0.2, 0.25) is 33.3 Å². The van der Waals surface area contributed by atoms with Crippen LogP contribution in [0.15, 0.2) is 42.6 Å². The number of amides is 2. The topological polar surface area (TPSA) is 158 Å². The second-order valence-electron chi connectivity index (χ2n) is 16.6. The molecule has 0 radical (unpaired) electrons. The number of ketones is 1. The van der Waals surface area contributed by atoms with Crippen LogP contribution in [-0.4, -0.2) is 84.7 Å². The number of alkyl halides is 3. The largest absolute Gasteiger partial charge is 0.494 e. The number of esters is 1. The molecule has 12 nitrogen and oxygen atoms in total. The summed E-state index contributed by atoms with van der Waals surface area (Å²) in [6.45, 7) is 5.09. The molecule has 56 heavy (non-hydrogen) atoms. The van der Waals surface area contributed by atoms with E-state index in [1.54, 1.807) is 19.1 Å². The Balaban J connectivity index is 1.35. The van der Waals surface area contributed by atoms with Crippen molar-refractivity contribution in [3.63, 3.8) is 0 Å². The number of fused-ring (bicyclic) bond motifs is 3. The number of allylic oxidation sites excluding steroid dienone is 2. The molecule has 0 spiro atoms. The predicted octanol–water partition coefficient (Wildman–Crippen LogP) is 6.07. The van der Waals surface area contributed by atoms with Gasteiger partial charge in [0.1, 0.15) is 11.9 Å². The number of aromatic nitrogens is 1. The van der Waals surface area contributed by atoms with E-state index < -0.39 is 92.4 Å². The van der Waals surface area contributed by atoms with Crippen molar-refractivity contribution in [3.8, 4) is 11.6 Å². The second-order valence-corrected chi connectivity index (χ2v) is 18.5. The standard InChI is InChI=1S/C40H50F3N3O9S/c1-23-10-6-7-11-25-19-39(25,37(50)45-56(51,52)27-14-15-27)20-32(47)31-17-26(54-35-29-13-9-8-12-28(29)33(53-5)21-44-35)22-46(31)36(49)30(24(2)16-23)18-34(48)55-38(3,4)40(41,42)43/h7-9,11-13,21,23-27,30-31H,6,10,14-20,22H2,1-5H3,(H,45,50)/b11-7-/t23-,24+,25+,26+,30-,31-,39+/m0/s1. The van der Waals surface area contributed by atoms with Gasteiger partial charge in [-0.15, -0.1) is 0 Å². The molecular weight excluding hydrogens is 756 g/mol. The molecule has 2 saturated carbocycles. The molecule has 3 heterocycles. The first kappa shape index (κ1) is 41.4. The smallest absolute Gasteiger partial charge is 0.427 e. The number of Topliss-reactive ketones (excluding diaryl/α,β-unsaturated/α-hetero) is 1. The number of hydrogen-bond acceptors (Lipinski definition) is 10. The molecule has 1 aromatic heterocycles. The molecule has 1 saturated heterocycles. The Bertz CT molecular complexity index is 2000. The minimum absolute atomic E-state index is 0.0196. The van der Waals surface area contributed by atoms with Crippen molar-refractivity contribution >= 4 is 44.4 Å². The van der Waals surface area contributed by atoms with Crippen molar-refractivity contribution in [1.82, 2.24) is 14.6 Å². The summed E-state index contributed by atoms with van der Waals surface area (Å²) in [4.78, 5) is 62.1. The van der Waals surface area contributed by atoms with E-state index in [-0.39, 0.29) is 37.6 Å². The van der Waals surface area contributed by atoms with Gasteiger partial charge in [-0.25, -0.2) is 13.4 Å². The van der Waals surface area contributed by atoms with Crippen molar-refractivity contribution in [3.05, 3.63) is 42.6 Å². The zero-order valence-corrected chi connectivity index (χ0v) is 33.1. The van der Waals surface area contributed by atoms with Crippen LogP contribution in [0.1, 0.15) is 85.5 Å². The number of nitrogens with zero attached hydrogens (tertiary/aromatic N) is 2. The summed E-state index contributed by atoms with van der Waals surface area (Å²) in [7, 11) is -2.42. The molecule has 4 aliphatic rings. The van der Waals surface area contributed by atoms with Gasteiger partial charge < -0.3 is 19.1 Å². The molecule has 16 heteroatoms. The van der Waals surface area contributed by atoms with Crippen LogP contribution in [0.2, 0.25) is 0 Å². The summed E-state index contributed by atoms with van der Waals surface area (Å²) in [6.07, 6.45) is 1.39. The maximum absolute atomic E-state index is 14.8. The van der Waals surface area contributed by atoms with Gasteiger partial charge in [-0.1, -0.05) is 44.2 Å². The Labute approximate surface area is 324 Å². The first-order chi connectivity index (χ1) is 26.3. The van der Waals surface area contributed by atoms with E-state index in [1.807, 2.05) is 31.2 Å². The summed E-state index contributed by atoms with van der Waals surface area (Å²) >= 11 is 0. The third kappa shape index (κ3) is 8.69. The van der Waals surface area contributed by atoms with E-state index in [4.69, 9.17) is 14.2 Å². The highest BCUT2D eigenvalue weighted by atomic mass is 32.2. The summed E-state index contributed by atoms with van der Waals surface area (Å²) in [5, 5.41) is 0.667. The van der Waals surface area contributed by atoms with Crippen LogP contribution in [0.3, 0.4) is 0 Å². The molecule has 2 aliphatic carbocycles. The van der Waals surface area contributed by atoms with Crippen molar-refractivity contribution in [2.24, 2.45) is 29.1 Å². The number of carbonyl (C=O) groups excluding carboxylic acids is 4. The van der Waals surface area contributed by atoms with Gasteiger partial charge in [-0.05, 0) is 76.2 Å². The average molecular weight is 806 g/mol. The molecule has 1 aromatic carbocycles. The number of carbonyl (C=O) groups is 4. The number of halogens is 3. The van der Waals surface area contributed by atoms with E-state index in [9.17, 15) is 40.8 Å². The average Bonchev–Trinajstić information content (AvgIpc) is 4.05. The van der Waals surface area contributed by atoms with Gasteiger partial charge >= 0.3 is 12.1 Å². The van der Waals surface area contributed by atoms with Crippen LogP contribution in [0, 0.1) is 29.1 Å². The summed E-state index contributed by atoms with van der Waals surface area (Å²) in [6, 6.07) is 6.07. The lowest BCUT2D eigenvalue weighted by molar-refractivity contribution is -0.257. The maximum atomic E-state index is 14.8. The first-order valence-corrected chi connectivity index (χ1v) is 20.7. The molecule has 306 valence electrons. The van der Waals surface area contributed by atoms with Crippen LogP contribution in [0.4, 0.5) is 13.2 Å². The van der Waals surface area contributed by atoms with Gasteiger partial charge in [0.25, 0.3) is 0 Å². The normalized spacial score (nSPS) is 29.7. The van der Waals surface area contributed by atoms with Crippen LogP contribution >= 0.6 is 0 Å². The zero-order valence-electron chi connectivity index (χ0n) is 32.3. The third-order valence-electron chi connectivity index (χ3n) is 11.8. The molecule has 1 N–H and O–H groups in total. The molecule has 7 atom stereocenters. The van der Waals surface area contributed by atoms with Gasteiger partial charge in [0, 0.05) is 23.6 Å². The van der Waals surface area contributed by atoms with Crippen molar-refractivity contribution in [2.75, 3.05) is 13.7 Å². The molecule has 2 aromatic rings. The highest BCUT2D eigenvalue weighted by molar-refractivity contribution is 7.90. The molecule has 0 unspecified atom stereocenters. The fourth-order valence-electron chi connectivity index (χ4n) is 8.11. The number of sulfonamides is 1. The fraction of sp³-hybridized carbons (Fsp3) is 0.625. The van der Waals surface area contributed by atoms with Gasteiger partial charge in [-0.2, -0.15) is 13.2 Å². The Hall–Kier alpha value is -4.21. The lowest BCUT2D eigenvalue weighted by Gasteiger charge is -2.33. The van der Waals surface area contributed by atoms with Gasteiger partial charge in [-0.3, -0.25) is 23.9 Å². The number of nitrogens with one attached hydrogen (secondary N) is 1. The van der Waals surface area contributed by atoms with Gasteiger partial charge in [0.05, 0.1) is 48.9 Å². The summed E-state index contributed by atoms with van der Waals surface area (Å²) in [5.41, 5.74) is -4.17. The van der Waals surface area contributed by atoms with Crippen LogP contribution in [0.5, 0.6) is 11.6 Å². The quantitative estimate of drug-likeness (QED) is 0.233. The van der Waals surface area contributed by atoms with Crippen molar-refractivity contribution < 1.29 is 55.0 Å². The zero-order chi connectivity index (χ0) is 40.8. The third-order valence-corrected chi connectivity index (χ3v) is 13.6. The molecule has 6 rings (SSSR count). The van der Waals surface area contributed by atoms with Crippen molar-refractivity contribution in [1.29, 1.82) is 0 Å². The Morgan fingerprint density at radius 3 is 2.41 bits per heavy atom. The number of benzene rings is 1. The fourth-order valence-corrected chi connectivity index (χ4v) is 9.49. The SMILES string of the molecule is COc1cnc(O[C@@H]2C[C@H]3C(=O)C[C@]4(C(=O)NS(=O)(=O)C5CC5)C[C@H]4/C=C\CC[C@H](C)C[C@@H](C)[C@H](CC(=O)OC(C)(C)C(F)(F)F)C(=O)N3C2)c2ccccc12. The van der Waals surface area contributed by atoms with E-state index >= 15 is 0 Å². The highest BCUT2D eigenvalue weighted by Crippen LogP contribution is 2.57. The minimum Gasteiger partial charge on any atom is -0.494 e. The minimum atomic E-state index is -4.86. The van der Waals surface area contributed by atoms with E-state index in [0.717, 1.165) is 13.8 Å². The molecular formula is C40H50F3N3O9S. The van der Waals surface area contributed by atoms with E-state index in [1.165, 1.54) is 18.2 Å². The molecule has 2 aliphatic heterocycles. The number of ether oxygens (including phenoxy) is 3. The summed E-state index contributed by atoms with van der Waals surface area (Å²) in [5.74, 6) is -4.41. The summed E-state index contributed by atoms with van der Waals surface area (Å²) < 4.78 is 86.0. The lowest BCUT2D eigenvalue weighted by atomic mass is 9.82. The first-order valence-electron chi connectivity index (χ1n) is 19.2. The number of rotatable bonds is 9. The number of methoxy groups -OCH3 is 1.